The Hall–Kier alpha value is -0.900. The number of nitrogens with zero attached hydrogens (tertiary/aromatic N) is 2. The van der Waals surface area contributed by atoms with E-state index in [2.05, 4.69) is 19.5 Å². The molecule has 0 unspecified atom stereocenters. The van der Waals surface area contributed by atoms with Gasteiger partial charge in [-0.25, -0.2) is 4.72 Å². The fourth-order valence-electron chi connectivity index (χ4n) is 1.99. The van der Waals surface area contributed by atoms with Crippen LogP contribution in [-0.2, 0) is 10.2 Å². The van der Waals surface area contributed by atoms with Crippen LogP contribution in [0.4, 0.5) is 0 Å². The average Bonchev–Trinajstić information content (AvgIpc) is 2.31. The van der Waals surface area contributed by atoms with Crippen LogP contribution in [0.5, 0.6) is 0 Å². The zero-order valence-corrected chi connectivity index (χ0v) is 11.5. The van der Waals surface area contributed by atoms with Gasteiger partial charge < -0.3 is 15.8 Å². The first-order chi connectivity index (χ1) is 8.35. The number of rotatable bonds is 5. The molecule has 0 aromatic heterocycles. The first-order valence-corrected chi connectivity index (χ1v) is 7.28. The van der Waals surface area contributed by atoms with Crippen LogP contribution in [-0.4, -0.2) is 56.6 Å². The van der Waals surface area contributed by atoms with Crippen molar-refractivity contribution >= 4 is 16.0 Å². The first-order valence-electron chi connectivity index (χ1n) is 5.80. The molecule has 5 N–H and O–H groups in total. The largest absolute Gasteiger partial charge is 0.409 e. The number of hydrogen-bond acceptors (Lipinski definition) is 5. The summed E-state index contributed by atoms with van der Waals surface area (Å²) < 4.78 is 28.4. The van der Waals surface area contributed by atoms with E-state index in [1.54, 1.807) is 6.92 Å². The highest BCUT2D eigenvalue weighted by atomic mass is 32.2. The van der Waals surface area contributed by atoms with Gasteiger partial charge in [-0.2, -0.15) is 13.1 Å². The van der Waals surface area contributed by atoms with E-state index in [0.29, 0.717) is 25.9 Å². The average molecular weight is 279 g/mol. The molecule has 18 heavy (non-hydrogen) atoms. The monoisotopic (exact) mass is 279 g/mol. The highest BCUT2D eigenvalue weighted by Crippen LogP contribution is 2.22. The van der Waals surface area contributed by atoms with E-state index in [4.69, 9.17) is 10.9 Å². The van der Waals surface area contributed by atoms with Crippen LogP contribution < -0.4 is 15.2 Å². The van der Waals surface area contributed by atoms with Crippen molar-refractivity contribution in [3.8, 4) is 0 Å². The Labute approximate surface area is 107 Å². The predicted molar refractivity (Wildman–Crippen MR) is 68.6 cm³/mol. The standard InChI is InChI=1S/C9H21N5O3S/c1-3-11-18(16,17)13-9(8(10)12-15)4-6-14(2)7-5-9/h11,13,15H,3-7H2,1-2H3,(H2,10,12). The minimum Gasteiger partial charge on any atom is -0.409 e. The SMILES string of the molecule is CCNS(=O)(=O)NC1(C(N)=NO)CCN(C)CC1. The third kappa shape index (κ3) is 3.55. The summed E-state index contributed by atoms with van der Waals surface area (Å²) in [6.45, 7) is 3.31. The summed E-state index contributed by atoms with van der Waals surface area (Å²) in [5, 5.41) is 11.8. The number of piperidine rings is 1. The Kier molecular flexibility index (Phi) is 4.91. The van der Waals surface area contributed by atoms with E-state index >= 15 is 0 Å². The molecule has 106 valence electrons. The second kappa shape index (κ2) is 5.83. The van der Waals surface area contributed by atoms with Crippen molar-refractivity contribution in [1.82, 2.24) is 14.3 Å². The number of oxime groups is 1. The first kappa shape index (κ1) is 15.2. The van der Waals surface area contributed by atoms with Crippen LogP contribution in [0.2, 0.25) is 0 Å². The van der Waals surface area contributed by atoms with Gasteiger partial charge in [0, 0.05) is 19.6 Å². The maximum atomic E-state index is 11.8. The van der Waals surface area contributed by atoms with Crippen molar-refractivity contribution in [3.63, 3.8) is 0 Å². The number of hydrogen-bond donors (Lipinski definition) is 4. The van der Waals surface area contributed by atoms with Crippen LogP contribution in [0.1, 0.15) is 19.8 Å². The highest BCUT2D eigenvalue weighted by molar-refractivity contribution is 7.87. The van der Waals surface area contributed by atoms with Gasteiger partial charge in [0.2, 0.25) is 0 Å². The topological polar surface area (TPSA) is 120 Å². The molecule has 0 saturated carbocycles. The molecule has 1 aliphatic rings. The van der Waals surface area contributed by atoms with Crippen molar-refractivity contribution in [1.29, 1.82) is 0 Å². The number of nitrogens with two attached hydrogens (primary N) is 1. The van der Waals surface area contributed by atoms with Gasteiger partial charge in [-0.3, -0.25) is 0 Å². The summed E-state index contributed by atoms with van der Waals surface area (Å²) in [6, 6.07) is 0. The maximum Gasteiger partial charge on any atom is 0.277 e. The molecule has 0 radical (unpaired) electrons. The number of nitrogens with one attached hydrogen (secondary N) is 2. The molecule has 1 saturated heterocycles. The van der Waals surface area contributed by atoms with E-state index in [1.165, 1.54) is 0 Å². The Morgan fingerprint density at radius 2 is 2.06 bits per heavy atom. The molecule has 1 rings (SSSR count). The molecule has 1 aliphatic heterocycles. The van der Waals surface area contributed by atoms with E-state index in [9.17, 15) is 8.42 Å². The quantitative estimate of drug-likeness (QED) is 0.214. The number of amidine groups is 1. The predicted octanol–water partition coefficient (Wildman–Crippen LogP) is -1.36. The Morgan fingerprint density at radius 3 is 2.50 bits per heavy atom. The highest BCUT2D eigenvalue weighted by Gasteiger charge is 2.41. The van der Waals surface area contributed by atoms with Gasteiger partial charge in [0.25, 0.3) is 10.2 Å². The van der Waals surface area contributed by atoms with Crippen molar-refractivity contribution in [2.45, 2.75) is 25.3 Å². The zero-order chi connectivity index (χ0) is 13.8. The summed E-state index contributed by atoms with van der Waals surface area (Å²) >= 11 is 0. The van der Waals surface area contributed by atoms with Crippen LogP contribution in [0.25, 0.3) is 0 Å². The molecule has 0 atom stereocenters. The second-order valence-electron chi connectivity index (χ2n) is 4.47. The van der Waals surface area contributed by atoms with Gasteiger partial charge in [0.15, 0.2) is 5.84 Å². The molecule has 0 spiro atoms. The van der Waals surface area contributed by atoms with Gasteiger partial charge in [0.1, 0.15) is 0 Å². The fourth-order valence-corrected chi connectivity index (χ4v) is 3.27. The Balaban J connectivity index is 2.93. The minimum atomic E-state index is -3.65. The van der Waals surface area contributed by atoms with Crippen LogP contribution in [0.3, 0.4) is 0 Å². The molecule has 0 aromatic rings. The minimum absolute atomic E-state index is 0.0999. The van der Waals surface area contributed by atoms with Crippen molar-refractivity contribution in [3.05, 3.63) is 0 Å². The molecule has 1 fully saturated rings. The van der Waals surface area contributed by atoms with Crippen LogP contribution >= 0.6 is 0 Å². The lowest BCUT2D eigenvalue weighted by molar-refractivity contribution is 0.213. The second-order valence-corrected chi connectivity index (χ2v) is 5.97. The Morgan fingerprint density at radius 1 is 1.50 bits per heavy atom. The third-order valence-electron chi connectivity index (χ3n) is 3.10. The van der Waals surface area contributed by atoms with Crippen molar-refractivity contribution in [2.75, 3.05) is 26.7 Å². The van der Waals surface area contributed by atoms with Gasteiger partial charge in [-0.1, -0.05) is 12.1 Å². The normalized spacial score (nSPS) is 22.0. The van der Waals surface area contributed by atoms with Gasteiger partial charge in [0.05, 0.1) is 5.54 Å². The lowest BCUT2D eigenvalue weighted by Crippen LogP contribution is -2.63. The van der Waals surface area contributed by atoms with Gasteiger partial charge in [-0.05, 0) is 19.9 Å². The Bertz CT molecular complexity index is 400. The van der Waals surface area contributed by atoms with Gasteiger partial charge in [-0.15, -0.1) is 0 Å². The van der Waals surface area contributed by atoms with Gasteiger partial charge >= 0.3 is 0 Å². The lowest BCUT2D eigenvalue weighted by atomic mass is 9.88. The van der Waals surface area contributed by atoms with Crippen LogP contribution in [0.15, 0.2) is 5.16 Å². The lowest BCUT2D eigenvalue weighted by Gasteiger charge is -2.39. The molecule has 0 amide bonds. The molecule has 9 heteroatoms. The van der Waals surface area contributed by atoms with E-state index < -0.39 is 15.7 Å². The fraction of sp³-hybridized carbons (Fsp3) is 0.889. The summed E-state index contributed by atoms with van der Waals surface area (Å²) in [6.07, 6.45) is 0.925. The van der Waals surface area contributed by atoms with Crippen molar-refractivity contribution < 1.29 is 13.6 Å². The van der Waals surface area contributed by atoms with E-state index in [0.717, 1.165) is 0 Å². The summed E-state index contributed by atoms with van der Waals surface area (Å²) in [5.41, 5.74) is 4.65. The number of likely N-dealkylation sites (tertiary alicyclic amines) is 1. The smallest absolute Gasteiger partial charge is 0.277 e. The van der Waals surface area contributed by atoms with E-state index in [1.807, 2.05) is 7.05 Å². The van der Waals surface area contributed by atoms with E-state index in [-0.39, 0.29) is 12.4 Å². The molecule has 0 aromatic carbocycles. The van der Waals surface area contributed by atoms with Crippen molar-refractivity contribution in [2.24, 2.45) is 10.9 Å². The summed E-state index contributed by atoms with van der Waals surface area (Å²) in [4.78, 5) is 2.06. The molecule has 1 heterocycles. The van der Waals surface area contributed by atoms with Crippen LogP contribution in [0, 0.1) is 0 Å². The molecule has 8 nitrogen and oxygen atoms in total. The zero-order valence-electron chi connectivity index (χ0n) is 10.7. The summed E-state index contributed by atoms with van der Waals surface area (Å²) in [5.74, 6) is -0.0999. The molecular weight excluding hydrogens is 258 g/mol. The third-order valence-corrected chi connectivity index (χ3v) is 4.43. The molecule has 0 bridgehead atoms. The summed E-state index contributed by atoms with van der Waals surface area (Å²) in [7, 11) is -1.71. The maximum absolute atomic E-state index is 11.8. The molecule has 0 aliphatic carbocycles. The molecular formula is C9H21N5O3S.